The van der Waals surface area contributed by atoms with Crippen molar-refractivity contribution in [1.82, 2.24) is 9.97 Å². The third kappa shape index (κ3) is 4.12. The van der Waals surface area contributed by atoms with Crippen molar-refractivity contribution in [1.29, 1.82) is 0 Å². The van der Waals surface area contributed by atoms with Crippen LogP contribution in [0.25, 0.3) is 11.3 Å². The molecule has 3 aromatic rings. The highest BCUT2D eigenvalue weighted by Crippen LogP contribution is 2.32. The third-order valence-corrected chi connectivity index (χ3v) is 3.71. The first kappa shape index (κ1) is 18.6. The number of H-pyrrole nitrogens is 1. The number of nitro groups is 1. The fourth-order valence-electron chi connectivity index (χ4n) is 2.43. The van der Waals surface area contributed by atoms with Crippen LogP contribution in [0.5, 0.6) is 11.5 Å². The number of nitrogens with one attached hydrogen (secondary N) is 2. The van der Waals surface area contributed by atoms with E-state index in [0.717, 1.165) is 23.9 Å². The van der Waals surface area contributed by atoms with Gasteiger partial charge in [-0.25, -0.2) is 10.4 Å². The summed E-state index contributed by atoms with van der Waals surface area (Å²) in [5.74, 6) is -0.242. The molecule has 0 fully saturated rings. The quantitative estimate of drug-likeness (QED) is 0.338. The topological polar surface area (TPSA) is 143 Å². The van der Waals surface area contributed by atoms with Gasteiger partial charge in [0.15, 0.2) is 11.5 Å². The number of aromatic nitrogens is 2. The maximum absolute atomic E-state index is 11.9. The second-order valence-electron chi connectivity index (χ2n) is 5.56. The van der Waals surface area contributed by atoms with Gasteiger partial charge in [-0.3, -0.25) is 19.9 Å². The van der Waals surface area contributed by atoms with Gasteiger partial charge in [-0.1, -0.05) is 30.3 Å². The minimum absolute atomic E-state index is 0.0293. The molecule has 0 bridgehead atoms. The van der Waals surface area contributed by atoms with Crippen molar-refractivity contribution in [2.75, 3.05) is 12.5 Å². The lowest BCUT2D eigenvalue weighted by molar-refractivity contribution is -0.385. The van der Waals surface area contributed by atoms with Gasteiger partial charge >= 0.3 is 0 Å². The number of benzene rings is 2. The summed E-state index contributed by atoms with van der Waals surface area (Å²) in [4.78, 5) is 29.2. The Morgan fingerprint density at radius 3 is 2.71 bits per heavy atom. The zero-order valence-corrected chi connectivity index (χ0v) is 14.6. The highest BCUT2D eigenvalue weighted by atomic mass is 16.6. The standard InChI is InChI=1S/C18H15N5O5/c1-28-16-9-14(23(26)27)12(7-15(16)24)10-19-22-18-20-13(8-17(25)21-18)11-5-3-2-4-6-11/h2-10,24H,1H3,(H2,20,21,22,25)/b19-10-. The van der Waals surface area contributed by atoms with Crippen molar-refractivity contribution in [3.05, 3.63) is 74.6 Å². The van der Waals surface area contributed by atoms with Crippen molar-refractivity contribution in [3.63, 3.8) is 0 Å². The van der Waals surface area contributed by atoms with Gasteiger partial charge in [-0.15, -0.1) is 0 Å². The molecule has 0 spiro atoms. The summed E-state index contributed by atoms with van der Waals surface area (Å²) in [7, 11) is 1.29. The third-order valence-electron chi connectivity index (χ3n) is 3.71. The number of nitrogens with zero attached hydrogens (tertiary/aromatic N) is 3. The zero-order valence-electron chi connectivity index (χ0n) is 14.6. The van der Waals surface area contributed by atoms with E-state index >= 15 is 0 Å². The fourth-order valence-corrected chi connectivity index (χ4v) is 2.43. The Balaban J connectivity index is 1.88. The van der Waals surface area contributed by atoms with Gasteiger partial charge < -0.3 is 9.84 Å². The van der Waals surface area contributed by atoms with Crippen molar-refractivity contribution in [2.24, 2.45) is 5.10 Å². The number of methoxy groups -OCH3 is 1. The molecule has 0 atom stereocenters. The lowest BCUT2D eigenvalue weighted by atomic mass is 10.1. The molecule has 0 aliphatic rings. The van der Waals surface area contributed by atoms with Crippen LogP contribution in [0.2, 0.25) is 0 Å². The van der Waals surface area contributed by atoms with E-state index in [2.05, 4.69) is 20.5 Å². The number of hydrogen-bond acceptors (Lipinski definition) is 8. The van der Waals surface area contributed by atoms with Crippen molar-refractivity contribution in [3.8, 4) is 22.8 Å². The first-order chi connectivity index (χ1) is 13.5. The Bertz CT molecular complexity index is 1100. The molecule has 0 aliphatic heterocycles. The number of hydrazone groups is 1. The van der Waals surface area contributed by atoms with Crippen molar-refractivity contribution < 1.29 is 14.8 Å². The monoisotopic (exact) mass is 381 g/mol. The van der Waals surface area contributed by atoms with Crippen LogP contribution in [-0.2, 0) is 0 Å². The molecule has 3 N–H and O–H groups in total. The predicted molar refractivity (Wildman–Crippen MR) is 103 cm³/mol. The summed E-state index contributed by atoms with van der Waals surface area (Å²) in [5.41, 5.74) is 3.06. The number of ether oxygens (including phenoxy) is 1. The number of nitro benzene ring substituents is 1. The van der Waals surface area contributed by atoms with Crippen LogP contribution < -0.4 is 15.7 Å². The van der Waals surface area contributed by atoms with Gasteiger partial charge in [-0.2, -0.15) is 5.10 Å². The maximum atomic E-state index is 11.9. The Morgan fingerprint density at radius 2 is 2.04 bits per heavy atom. The van der Waals surface area contributed by atoms with Crippen molar-refractivity contribution in [2.45, 2.75) is 0 Å². The van der Waals surface area contributed by atoms with E-state index in [9.17, 15) is 20.0 Å². The second kappa shape index (κ2) is 7.99. The van der Waals surface area contributed by atoms with Crippen LogP contribution in [0.4, 0.5) is 11.6 Å². The molecule has 0 amide bonds. The van der Waals surface area contributed by atoms with E-state index in [1.54, 1.807) is 12.1 Å². The average Bonchev–Trinajstić information content (AvgIpc) is 2.68. The lowest BCUT2D eigenvalue weighted by Gasteiger charge is -2.05. The molecular formula is C18H15N5O5. The van der Waals surface area contributed by atoms with Crippen LogP contribution >= 0.6 is 0 Å². The van der Waals surface area contributed by atoms with Gasteiger partial charge in [-0.05, 0) is 6.07 Å². The lowest BCUT2D eigenvalue weighted by Crippen LogP contribution is -2.10. The van der Waals surface area contributed by atoms with Gasteiger partial charge in [0, 0.05) is 11.6 Å². The Kier molecular flexibility index (Phi) is 5.30. The molecule has 2 aromatic carbocycles. The highest BCUT2D eigenvalue weighted by molar-refractivity contribution is 5.87. The highest BCUT2D eigenvalue weighted by Gasteiger charge is 2.17. The van der Waals surface area contributed by atoms with Crippen LogP contribution in [0.15, 0.2) is 58.4 Å². The molecule has 142 valence electrons. The van der Waals surface area contributed by atoms with E-state index in [4.69, 9.17) is 4.74 Å². The minimum atomic E-state index is -0.626. The average molecular weight is 381 g/mol. The number of anilines is 1. The summed E-state index contributed by atoms with van der Waals surface area (Å²) in [5, 5.41) is 24.9. The van der Waals surface area contributed by atoms with E-state index in [1.807, 2.05) is 18.2 Å². The molecule has 10 heteroatoms. The molecular weight excluding hydrogens is 366 g/mol. The van der Waals surface area contributed by atoms with Gasteiger partial charge in [0.25, 0.3) is 11.2 Å². The van der Waals surface area contributed by atoms with Crippen LogP contribution in [0, 0.1) is 10.1 Å². The zero-order chi connectivity index (χ0) is 20.1. The molecule has 0 aliphatic carbocycles. The smallest absolute Gasteiger partial charge is 0.282 e. The molecule has 3 rings (SSSR count). The number of phenolic OH excluding ortho intramolecular Hbond substituents is 1. The van der Waals surface area contributed by atoms with E-state index < -0.39 is 4.92 Å². The Labute approximate surface area is 158 Å². The Hall–Kier alpha value is -4.21. The number of aromatic hydroxyl groups is 1. The maximum Gasteiger partial charge on any atom is 0.282 e. The normalized spacial score (nSPS) is 10.8. The SMILES string of the molecule is COc1cc([N+](=O)[O-])c(/C=N\Nc2nc(-c3ccccc3)cc(=O)[nH]2)cc1O. The van der Waals surface area contributed by atoms with Crippen LogP contribution in [0.3, 0.4) is 0 Å². The summed E-state index contributed by atoms with van der Waals surface area (Å²) < 4.78 is 4.87. The fraction of sp³-hybridized carbons (Fsp3) is 0.0556. The number of rotatable bonds is 6. The number of phenols is 1. The molecule has 0 saturated heterocycles. The predicted octanol–water partition coefficient (Wildman–Crippen LogP) is 2.51. The Morgan fingerprint density at radius 1 is 1.29 bits per heavy atom. The molecule has 0 radical (unpaired) electrons. The second-order valence-corrected chi connectivity index (χ2v) is 5.56. The molecule has 28 heavy (non-hydrogen) atoms. The summed E-state index contributed by atoms with van der Waals surface area (Å²) in [6.07, 6.45) is 1.13. The first-order valence-electron chi connectivity index (χ1n) is 7.99. The molecule has 10 nitrogen and oxygen atoms in total. The van der Waals surface area contributed by atoms with Gasteiger partial charge in [0.1, 0.15) is 0 Å². The number of hydrogen-bond donors (Lipinski definition) is 3. The minimum Gasteiger partial charge on any atom is -0.504 e. The molecule has 1 aromatic heterocycles. The number of aromatic amines is 1. The van der Waals surface area contributed by atoms with E-state index in [0.29, 0.717) is 5.69 Å². The summed E-state index contributed by atoms with van der Waals surface area (Å²) in [6.45, 7) is 0. The summed E-state index contributed by atoms with van der Waals surface area (Å²) in [6, 6.07) is 12.7. The van der Waals surface area contributed by atoms with Gasteiger partial charge in [0.05, 0.1) is 35.6 Å². The van der Waals surface area contributed by atoms with Crippen LogP contribution in [0.1, 0.15) is 5.56 Å². The molecule has 0 saturated carbocycles. The summed E-state index contributed by atoms with van der Waals surface area (Å²) >= 11 is 0. The van der Waals surface area contributed by atoms with E-state index in [-0.39, 0.29) is 34.3 Å². The van der Waals surface area contributed by atoms with Gasteiger partial charge in [0.2, 0.25) is 5.95 Å². The van der Waals surface area contributed by atoms with Crippen LogP contribution in [-0.4, -0.2) is 33.3 Å². The molecule has 0 unspecified atom stereocenters. The molecule has 1 heterocycles. The van der Waals surface area contributed by atoms with Crippen molar-refractivity contribution >= 4 is 17.9 Å². The van der Waals surface area contributed by atoms with E-state index in [1.165, 1.54) is 13.2 Å². The largest absolute Gasteiger partial charge is 0.504 e. The first-order valence-corrected chi connectivity index (χ1v) is 7.99.